The van der Waals surface area contributed by atoms with Crippen LogP contribution in [0.15, 0.2) is 0 Å². The van der Waals surface area contributed by atoms with Crippen molar-refractivity contribution in [3.05, 3.63) is 20.2 Å². The van der Waals surface area contributed by atoms with Gasteiger partial charge in [-0.05, 0) is 86.0 Å². The monoisotopic (exact) mass is 399 g/mol. The zero-order chi connectivity index (χ0) is 20.6. The number of nitrogens with two attached hydrogens (primary N) is 1. The van der Waals surface area contributed by atoms with Crippen molar-refractivity contribution in [3.63, 3.8) is 0 Å². The summed E-state index contributed by atoms with van der Waals surface area (Å²) in [4.78, 5) is 31.1. The molecule has 4 aliphatic carbocycles. The Labute approximate surface area is 165 Å². The maximum Gasteiger partial charge on any atom is 0.294 e. The van der Waals surface area contributed by atoms with E-state index in [0.717, 1.165) is 38.5 Å². The lowest BCUT2D eigenvalue weighted by Crippen LogP contribution is -2.60. The molecular weight excluding hydrogens is 366 g/mol. The topological polar surface area (TPSA) is 131 Å². The van der Waals surface area contributed by atoms with Crippen LogP contribution >= 0.6 is 0 Å². The lowest BCUT2D eigenvalue weighted by atomic mass is 9.36. The van der Waals surface area contributed by atoms with Gasteiger partial charge in [-0.15, -0.1) is 20.2 Å². The first-order chi connectivity index (χ1) is 13.2. The van der Waals surface area contributed by atoms with Crippen LogP contribution < -0.4 is 5.73 Å². The van der Waals surface area contributed by atoms with Crippen molar-refractivity contribution in [3.8, 4) is 0 Å². The highest BCUT2D eigenvalue weighted by atomic mass is 17.0. The van der Waals surface area contributed by atoms with Crippen molar-refractivity contribution in [2.45, 2.75) is 77.7 Å². The van der Waals surface area contributed by atoms with Gasteiger partial charge in [0.15, 0.2) is 0 Å². The molecule has 0 aromatic heterocycles. The van der Waals surface area contributed by atoms with E-state index in [1.54, 1.807) is 0 Å². The molecule has 0 radical (unpaired) electrons. The number of hydrogen-bond donors (Lipinski definition) is 1. The van der Waals surface area contributed by atoms with E-state index < -0.39 is 22.9 Å². The Balaban J connectivity index is 1.91. The standard InChI is InChI=1S/C19H33N3O6/c1-3-4-17-7-15-8-18(11-17,5-6-20)13-19(9-15,12-17)14(2)16(28-22(25)26)10-27-21(23)24/h14-16H,3-13,20H2,1-2H3. The molecule has 9 nitrogen and oxygen atoms in total. The summed E-state index contributed by atoms with van der Waals surface area (Å²) < 4.78 is 0. The van der Waals surface area contributed by atoms with Gasteiger partial charge in [0.25, 0.3) is 10.2 Å². The van der Waals surface area contributed by atoms with Crippen molar-refractivity contribution in [2.24, 2.45) is 33.8 Å². The zero-order valence-corrected chi connectivity index (χ0v) is 16.9. The second kappa shape index (κ2) is 7.65. The molecule has 0 saturated heterocycles. The first-order valence-corrected chi connectivity index (χ1v) is 10.5. The van der Waals surface area contributed by atoms with Crippen LogP contribution in [-0.2, 0) is 9.68 Å². The molecule has 28 heavy (non-hydrogen) atoms. The predicted octanol–water partition coefficient (Wildman–Crippen LogP) is 3.51. The Bertz CT molecular complexity index is 592. The van der Waals surface area contributed by atoms with Gasteiger partial charge >= 0.3 is 0 Å². The lowest BCUT2D eigenvalue weighted by molar-refractivity contribution is -0.792. The molecule has 0 spiro atoms. The van der Waals surface area contributed by atoms with Crippen LogP contribution in [0.5, 0.6) is 0 Å². The fourth-order valence-electron chi connectivity index (χ4n) is 7.73. The van der Waals surface area contributed by atoms with Crippen molar-refractivity contribution >= 4 is 0 Å². The van der Waals surface area contributed by atoms with Crippen molar-refractivity contribution in [2.75, 3.05) is 13.2 Å². The largest absolute Gasteiger partial charge is 0.330 e. The second-order valence-corrected chi connectivity index (χ2v) is 9.84. The van der Waals surface area contributed by atoms with E-state index in [4.69, 9.17) is 10.6 Å². The molecule has 9 heteroatoms. The summed E-state index contributed by atoms with van der Waals surface area (Å²) in [6.45, 7) is 4.42. The van der Waals surface area contributed by atoms with Gasteiger partial charge in [0, 0.05) is 0 Å². The van der Waals surface area contributed by atoms with Crippen LogP contribution in [0.4, 0.5) is 0 Å². The van der Waals surface area contributed by atoms with Crippen LogP contribution in [0, 0.1) is 48.3 Å². The van der Waals surface area contributed by atoms with Crippen molar-refractivity contribution in [1.29, 1.82) is 0 Å². The maximum atomic E-state index is 11.1. The summed E-state index contributed by atoms with van der Waals surface area (Å²) in [5.41, 5.74) is 6.34. The third-order valence-electron chi connectivity index (χ3n) is 7.89. The summed E-state index contributed by atoms with van der Waals surface area (Å²) in [6.07, 6.45) is 8.96. The SMILES string of the molecule is CCCC12CC3CC(CCN)(C1)CC(C(C)C(CO[N+](=O)[O-])O[N+](=O)[O-])(C3)C2. The summed E-state index contributed by atoms with van der Waals surface area (Å²) in [6, 6.07) is 0. The average molecular weight is 399 g/mol. The van der Waals surface area contributed by atoms with Crippen LogP contribution in [0.3, 0.4) is 0 Å². The summed E-state index contributed by atoms with van der Waals surface area (Å²) in [5.74, 6) is 0.402. The van der Waals surface area contributed by atoms with Crippen molar-refractivity contribution < 1.29 is 19.8 Å². The molecular formula is C19H33N3O6. The van der Waals surface area contributed by atoms with E-state index >= 15 is 0 Å². The highest BCUT2D eigenvalue weighted by Crippen LogP contribution is 2.73. The molecule has 0 heterocycles. The first kappa shape index (κ1) is 21.1. The van der Waals surface area contributed by atoms with Gasteiger partial charge < -0.3 is 15.4 Å². The fourth-order valence-corrected chi connectivity index (χ4v) is 7.73. The van der Waals surface area contributed by atoms with Gasteiger partial charge in [-0.1, -0.05) is 20.3 Å². The van der Waals surface area contributed by atoms with Gasteiger partial charge in [0.1, 0.15) is 12.7 Å². The molecule has 4 aliphatic rings. The molecule has 160 valence electrons. The minimum absolute atomic E-state index is 0.107. The minimum Gasteiger partial charge on any atom is -0.330 e. The van der Waals surface area contributed by atoms with E-state index in [9.17, 15) is 20.2 Å². The minimum atomic E-state index is -0.940. The van der Waals surface area contributed by atoms with Gasteiger partial charge in [-0.3, -0.25) is 0 Å². The smallest absolute Gasteiger partial charge is 0.294 e. The summed E-state index contributed by atoms with van der Waals surface area (Å²) in [7, 11) is 0. The van der Waals surface area contributed by atoms with Crippen molar-refractivity contribution in [1.82, 2.24) is 0 Å². The average Bonchev–Trinajstić information content (AvgIpc) is 2.56. The number of nitrogens with zero attached hydrogens (tertiary/aromatic N) is 2. The van der Waals surface area contributed by atoms with Crippen LogP contribution in [-0.4, -0.2) is 29.4 Å². The van der Waals surface area contributed by atoms with E-state index in [2.05, 4.69) is 11.8 Å². The van der Waals surface area contributed by atoms with Gasteiger partial charge in [-0.25, -0.2) is 0 Å². The van der Waals surface area contributed by atoms with Crippen LogP contribution in [0.25, 0.3) is 0 Å². The molecule has 4 rings (SSSR count). The Kier molecular flexibility index (Phi) is 5.76. The summed E-state index contributed by atoms with van der Waals surface area (Å²) in [5, 5.41) is 20.0. The zero-order valence-electron chi connectivity index (χ0n) is 16.9. The normalized spacial score (nSPS) is 38.0. The molecule has 4 saturated carbocycles. The highest BCUT2D eigenvalue weighted by Gasteiger charge is 2.64. The molecule has 6 atom stereocenters. The molecule has 4 bridgehead atoms. The maximum absolute atomic E-state index is 11.1. The second-order valence-electron chi connectivity index (χ2n) is 9.84. The lowest BCUT2D eigenvalue weighted by Gasteiger charge is -2.69. The Morgan fingerprint density at radius 2 is 1.71 bits per heavy atom. The highest BCUT2D eigenvalue weighted by molar-refractivity contribution is 5.14. The van der Waals surface area contributed by atoms with Gasteiger partial charge in [-0.2, -0.15) is 0 Å². The molecule has 0 aromatic carbocycles. The van der Waals surface area contributed by atoms with E-state index in [1.165, 1.54) is 19.3 Å². The van der Waals surface area contributed by atoms with Crippen LogP contribution in [0.1, 0.15) is 71.6 Å². The third-order valence-corrected chi connectivity index (χ3v) is 7.89. The molecule has 0 aliphatic heterocycles. The Morgan fingerprint density at radius 3 is 2.25 bits per heavy atom. The molecule has 2 N–H and O–H groups in total. The van der Waals surface area contributed by atoms with Crippen LogP contribution in [0.2, 0.25) is 0 Å². The van der Waals surface area contributed by atoms with E-state index in [-0.39, 0.29) is 22.2 Å². The molecule has 0 amide bonds. The van der Waals surface area contributed by atoms with Gasteiger partial charge in [0.2, 0.25) is 0 Å². The Morgan fingerprint density at radius 1 is 1.07 bits per heavy atom. The molecule has 4 fully saturated rings. The Hall–Kier alpha value is -1.64. The quantitative estimate of drug-likeness (QED) is 0.415. The van der Waals surface area contributed by atoms with E-state index in [1.807, 2.05) is 6.92 Å². The predicted molar refractivity (Wildman–Crippen MR) is 101 cm³/mol. The molecule has 0 aromatic rings. The number of hydrogen-bond acceptors (Lipinski definition) is 7. The van der Waals surface area contributed by atoms with Gasteiger partial charge in [0.05, 0.1) is 0 Å². The van der Waals surface area contributed by atoms with E-state index in [0.29, 0.717) is 12.5 Å². The fraction of sp³-hybridized carbons (Fsp3) is 1.00. The number of rotatable bonds is 11. The third kappa shape index (κ3) is 3.90. The summed E-state index contributed by atoms with van der Waals surface area (Å²) >= 11 is 0. The first-order valence-electron chi connectivity index (χ1n) is 10.5. The molecule has 6 unspecified atom stereocenters.